The van der Waals surface area contributed by atoms with Gasteiger partial charge < -0.3 is 5.32 Å². The van der Waals surface area contributed by atoms with E-state index in [0.29, 0.717) is 17.7 Å². The zero-order valence-corrected chi connectivity index (χ0v) is 13.8. The van der Waals surface area contributed by atoms with Crippen LogP contribution in [0.1, 0.15) is 29.8 Å². The van der Waals surface area contributed by atoms with Crippen LogP contribution in [0.4, 0.5) is 5.69 Å². The van der Waals surface area contributed by atoms with Crippen molar-refractivity contribution >= 4 is 23.7 Å². The van der Waals surface area contributed by atoms with Gasteiger partial charge in [0.25, 0.3) is 5.91 Å². The molecule has 0 unspecified atom stereocenters. The Bertz CT molecular complexity index is 707. The molecule has 0 aliphatic rings. The molecule has 2 rings (SSSR count). The fourth-order valence-corrected chi connectivity index (χ4v) is 1.93. The van der Waals surface area contributed by atoms with Gasteiger partial charge in [-0.05, 0) is 29.8 Å². The van der Waals surface area contributed by atoms with Gasteiger partial charge in [0.15, 0.2) is 0 Å². The normalized spacial score (nSPS) is 10.8. The van der Waals surface area contributed by atoms with E-state index in [1.165, 1.54) is 0 Å². The van der Waals surface area contributed by atoms with Crippen molar-refractivity contribution in [2.24, 2.45) is 11.0 Å². The van der Waals surface area contributed by atoms with Gasteiger partial charge in [-0.2, -0.15) is 5.10 Å². The third-order valence-electron chi connectivity index (χ3n) is 3.37. The summed E-state index contributed by atoms with van der Waals surface area (Å²) >= 11 is 0. The largest absolute Gasteiger partial charge is 0.326 e. The van der Waals surface area contributed by atoms with Gasteiger partial charge in [0.05, 0.1) is 0 Å². The number of amides is 2. The van der Waals surface area contributed by atoms with E-state index < -0.39 is 0 Å². The number of rotatable bonds is 6. The van der Waals surface area contributed by atoms with Crippen molar-refractivity contribution in [3.63, 3.8) is 0 Å². The highest BCUT2D eigenvalue weighted by atomic mass is 16.2. The highest BCUT2D eigenvalue weighted by Gasteiger charge is 2.08. The monoisotopic (exact) mass is 323 g/mol. The molecule has 5 nitrogen and oxygen atoms in total. The summed E-state index contributed by atoms with van der Waals surface area (Å²) in [5.74, 6) is -0.439. The Morgan fingerprint density at radius 3 is 2.33 bits per heavy atom. The zero-order valence-electron chi connectivity index (χ0n) is 13.8. The van der Waals surface area contributed by atoms with Crippen LogP contribution in [-0.4, -0.2) is 18.0 Å². The fraction of sp³-hybridized carbons (Fsp3) is 0.211. The van der Waals surface area contributed by atoms with E-state index >= 15 is 0 Å². The molecule has 0 aromatic heterocycles. The maximum atomic E-state index is 12.0. The first-order valence-corrected chi connectivity index (χ1v) is 7.83. The molecule has 5 heteroatoms. The van der Waals surface area contributed by atoms with Gasteiger partial charge >= 0.3 is 0 Å². The van der Waals surface area contributed by atoms with Gasteiger partial charge in [0, 0.05) is 29.8 Å². The molecular weight excluding hydrogens is 302 g/mol. The third-order valence-corrected chi connectivity index (χ3v) is 3.37. The first-order valence-electron chi connectivity index (χ1n) is 7.83. The minimum absolute atomic E-state index is 0.0577. The molecular formula is C19H21N3O2. The van der Waals surface area contributed by atoms with Crippen LogP contribution < -0.4 is 10.7 Å². The number of anilines is 1. The van der Waals surface area contributed by atoms with E-state index in [1.807, 2.05) is 44.2 Å². The summed E-state index contributed by atoms with van der Waals surface area (Å²) in [6.07, 6.45) is 2.31. The third kappa shape index (κ3) is 5.35. The Balaban J connectivity index is 1.85. The number of carbonyl (C=O) groups is 2. The van der Waals surface area contributed by atoms with Crippen molar-refractivity contribution in [1.82, 2.24) is 5.43 Å². The standard InChI is InChI=1S/C19H21N3O2/c1-14(2)18(23)21-17-10-8-16(9-11-17)19(24)22-20-13-12-15-6-4-3-5-7-15/h3-11,13-14H,12H2,1-2H3,(H,21,23)(H,22,24). The molecule has 2 N–H and O–H groups in total. The first-order chi connectivity index (χ1) is 11.6. The second-order valence-corrected chi connectivity index (χ2v) is 5.66. The second-order valence-electron chi connectivity index (χ2n) is 5.66. The molecule has 0 spiro atoms. The van der Waals surface area contributed by atoms with E-state index in [1.54, 1.807) is 30.5 Å². The molecule has 2 aromatic rings. The summed E-state index contributed by atoms with van der Waals surface area (Å²) in [5.41, 5.74) is 4.76. The van der Waals surface area contributed by atoms with Gasteiger partial charge in [-0.25, -0.2) is 5.43 Å². The summed E-state index contributed by atoms with van der Waals surface area (Å²) < 4.78 is 0. The topological polar surface area (TPSA) is 70.6 Å². The number of hydrogen-bond donors (Lipinski definition) is 2. The number of nitrogens with one attached hydrogen (secondary N) is 2. The minimum atomic E-state index is -0.291. The number of hydrogen-bond acceptors (Lipinski definition) is 3. The maximum Gasteiger partial charge on any atom is 0.271 e. The SMILES string of the molecule is CC(C)C(=O)Nc1ccc(C(=O)NN=CCc2ccccc2)cc1. The summed E-state index contributed by atoms with van der Waals surface area (Å²) in [6.45, 7) is 3.65. The molecule has 0 atom stereocenters. The molecule has 0 aliphatic carbocycles. The lowest BCUT2D eigenvalue weighted by Gasteiger charge is -2.08. The van der Waals surface area contributed by atoms with E-state index in [0.717, 1.165) is 5.56 Å². The lowest BCUT2D eigenvalue weighted by atomic mass is 10.1. The van der Waals surface area contributed by atoms with Gasteiger partial charge in [-0.15, -0.1) is 0 Å². The Hall–Kier alpha value is -2.95. The van der Waals surface area contributed by atoms with Crippen molar-refractivity contribution in [3.8, 4) is 0 Å². The molecule has 0 saturated carbocycles. The van der Waals surface area contributed by atoms with Crippen molar-refractivity contribution < 1.29 is 9.59 Å². The number of nitrogens with zero attached hydrogens (tertiary/aromatic N) is 1. The number of benzene rings is 2. The minimum Gasteiger partial charge on any atom is -0.326 e. The molecule has 0 fully saturated rings. The summed E-state index contributed by atoms with van der Waals surface area (Å²) in [6, 6.07) is 16.6. The highest BCUT2D eigenvalue weighted by Crippen LogP contribution is 2.11. The lowest BCUT2D eigenvalue weighted by Crippen LogP contribution is -2.19. The van der Waals surface area contributed by atoms with E-state index in [-0.39, 0.29) is 17.7 Å². The second kappa shape index (κ2) is 8.62. The van der Waals surface area contributed by atoms with Crippen molar-refractivity contribution in [2.45, 2.75) is 20.3 Å². The quantitative estimate of drug-likeness (QED) is 0.633. The summed E-state index contributed by atoms with van der Waals surface area (Å²) in [4.78, 5) is 23.6. The Kier molecular flexibility index (Phi) is 6.25. The van der Waals surface area contributed by atoms with Crippen molar-refractivity contribution in [1.29, 1.82) is 0 Å². The molecule has 2 amide bonds. The predicted octanol–water partition coefficient (Wildman–Crippen LogP) is 3.24. The lowest BCUT2D eigenvalue weighted by molar-refractivity contribution is -0.118. The molecule has 24 heavy (non-hydrogen) atoms. The summed E-state index contributed by atoms with van der Waals surface area (Å²) in [5, 5.41) is 6.72. The van der Waals surface area contributed by atoms with Gasteiger partial charge in [0.1, 0.15) is 0 Å². The Morgan fingerprint density at radius 2 is 1.71 bits per heavy atom. The van der Waals surface area contributed by atoms with Crippen LogP contribution in [0.5, 0.6) is 0 Å². The summed E-state index contributed by atoms with van der Waals surface area (Å²) in [7, 11) is 0. The maximum absolute atomic E-state index is 12.0. The average molecular weight is 323 g/mol. The van der Waals surface area contributed by atoms with Crippen molar-refractivity contribution in [2.75, 3.05) is 5.32 Å². The molecule has 124 valence electrons. The van der Waals surface area contributed by atoms with Crippen LogP contribution in [-0.2, 0) is 11.2 Å². The van der Waals surface area contributed by atoms with E-state index in [9.17, 15) is 9.59 Å². The first kappa shape index (κ1) is 17.4. The predicted molar refractivity (Wildman–Crippen MR) is 96.0 cm³/mol. The van der Waals surface area contributed by atoms with Crippen molar-refractivity contribution in [3.05, 3.63) is 65.7 Å². The van der Waals surface area contributed by atoms with Gasteiger partial charge in [-0.1, -0.05) is 44.2 Å². The average Bonchev–Trinajstić information content (AvgIpc) is 2.60. The van der Waals surface area contributed by atoms with Gasteiger partial charge in [0.2, 0.25) is 5.91 Å². The number of carbonyl (C=O) groups excluding carboxylic acids is 2. The Morgan fingerprint density at radius 1 is 1.04 bits per heavy atom. The van der Waals surface area contributed by atoms with Crippen LogP contribution in [0, 0.1) is 5.92 Å². The van der Waals surface area contributed by atoms with E-state index in [4.69, 9.17) is 0 Å². The molecule has 0 saturated heterocycles. The Labute approximate surface area is 141 Å². The molecule has 0 aliphatic heterocycles. The number of hydrazone groups is 1. The molecule has 0 heterocycles. The van der Waals surface area contributed by atoms with Crippen LogP contribution in [0.25, 0.3) is 0 Å². The molecule has 0 radical (unpaired) electrons. The van der Waals surface area contributed by atoms with E-state index in [2.05, 4.69) is 15.8 Å². The fourth-order valence-electron chi connectivity index (χ4n) is 1.93. The van der Waals surface area contributed by atoms with Crippen LogP contribution in [0.3, 0.4) is 0 Å². The smallest absolute Gasteiger partial charge is 0.271 e. The van der Waals surface area contributed by atoms with Crippen LogP contribution in [0.15, 0.2) is 59.7 Å². The van der Waals surface area contributed by atoms with Crippen LogP contribution in [0.2, 0.25) is 0 Å². The highest BCUT2D eigenvalue weighted by molar-refractivity contribution is 5.96. The zero-order chi connectivity index (χ0) is 17.4. The van der Waals surface area contributed by atoms with Crippen LogP contribution >= 0.6 is 0 Å². The van der Waals surface area contributed by atoms with Gasteiger partial charge in [-0.3, -0.25) is 9.59 Å². The molecule has 2 aromatic carbocycles. The molecule has 0 bridgehead atoms.